The maximum Gasteiger partial charge on any atom is 4.00 e. The fourth-order valence-electron chi connectivity index (χ4n) is 8.54. The topological polar surface area (TPSA) is 33.5 Å². The first kappa shape index (κ1) is 46.4. The summed E-state index contributed by atoms with van der Waals surface area (Å²) in [6.45, 7) is 27.1. The van der Waals surface area contributed by atoms with Crippen molar-refractivity contribution in [3.05, 3.63) is 194 Å². The smallest absolute Gasteiger partial charge is 0.509 e. The predicted molar refractivity (Wildman–Crippen MR) is 265 cm³/mol. The van der Waals surface area contributed by atoms with Crippen molar-refractivity contribution >= 4 is 44.6 Å². The zero-order chi connectivity index (χ0) is 43.8. The monoisotopic (exact) mass is 1020 g/mol. The molecule has 0 aliphatic carbocycles. The molecule has 2 aromatic heterocycles. The summed E-state index contributed by atoms with van der Waals surface area (Å²) in [7, 11) is 0. The largest absolute Gasteiger partial charge is 4.00 e. The van der Waals surface area contributed by atoms with Gasteiger partial charge in [0.15, 0.2) is 0 Å². The van der Waals surface area contributed by atoms with E-state index in [2.05, 4.69) is 225 Å². The number of hydrogen-bond acceptors (Lipinski definition) is 4. The molecule has 1 aliphatic heterocycles. The van der Waals surface area contributed by atoms with Gasteiger partial charge in [-0.2, -0.15) is 12.1 Å². The fourth-order valence-corrected chi connectivity index (χ4v) is 8.54. The van der Waals surface area contributed by atoms with Crippen molar-refractivity contribution in [2.24, 2.45) is 0 Å². The molecule has 6 aromatic carbocycles. The number of benzene rings is 6. The number of anilines is 4. The van der Waals surface area contributed by atoms with Gasteiger partial charge in [-0.15, -0.1) is 48.1 Å². The molecule has 0 N–H and O–H groups in total. The summed E-state index contributed by atoms with van der Waals surface area (Å²) in [4.78, 5) is 9.44. The van der Waals surface area contributed by atoms with Gasteiger partial charge in [-0.1, -0.05) is 142 Å². The zero-order valence-electron chi connectivity index (χ0n) is 39.4. The van der Waals surface area contributed by atoms with Crippen LogP contribution in [0.4, 0.5) is 22.7 Å². The van der Waals surface area contributed by atoms with Gasteiger partial charge >= 0.3 is 21.1 Å². The van der Waals surface area contributed by atoms with Crippen LogP contribution in [0.5, 0.6) is 11.5 Å². The third-order valence-corrected chi connectivity index (χ3v) is 12.5. The standard InChI is InChI=1S/C57H57N4O.CH3.Pt/c1-54(2,3)39-23-27-49-48(32-39)47-26-25-46(36-51(47)61(49)53-34-41(29-30-58-53)56(7,8)9)62-45-22-16-21-44(35-45)60-37-59(50-28-24-40(33-52(50)60)55(4,5)6)43-20-15-19-42(31-43)57(10,11)38-17-13-12-14-18-38;;/h12-34,37H,1-11H3;1H3;/q-3;-1;+4. The molecule has 0 fully saturated rings. The summed E-state index contributed by atoms with van der Waals surface area (Å²) >= 11 is 0. The van der Waals surface area contributed by atoms with Crippen molar-refractivity contribution in [2.45, 2.75) is 97.8 Å². The van der Waals surface area contributed by atoms with Crippen LogP contribution in [0.2, 0.25) is 0 Å². The van der Waals surface area contributed by atoms with E-state index in [1.54, 1.807) is 0 Å². The number of aromatic nitrogens is 2. The van der Waals surface area contributed by atoms with E-state index in [0.29, 0.717) is 11.5 Å². The molecule has 0 amide bonds. The molecular formula is C58H60N4OPt. The molecule has 0 unspecified atom stereocenters. The Kier molecular flexibility index (Phi) is 12.4. The SMILES string of the molecule is CC(C)(C)c1ccnc(-n2c3[c-]c(Oc4[c-]c(N5[CH-]N(c6cccc(C(C)(C)c7ccccc7)c6)c6ccc(C(C)(C)C)cc65)ccc4)ccc3c3cc(C(C)(C)C)ccc32)c1.[CH3-].[Pt+4]. The van der Waals surface area contributed by atoms with Gasteiger partial charge in [-0.05, 0) is 91.9 Å². The molecule has 3 heterocycles. The first-order valence-electron chi connectivity index (χ1n) is 21.8. The molecule has 0 saturated heterocycles. The number of ether oxygens (including phenoxy) is 1. The van der Waals surface area contributed by atoms with Crippen LogP contribution in [-0.4, -0.2) is 9.55 Å². The second kappa shape index (κ2) is 17.1. The average Bonchev–Trinajstić information content (AvgIpc) is 3.79. The van der Waals surface area contributed by atoms with Crippen LogP contribution in [0.15, 0.2) is 140 Å². The molecule has 0 radical (unpaired) electrons. The van der Waals surface area contributed by atoms with Crippen molar-refractivity contribution in [3.8, 4) is 17.3 Å². The Morgan fingerprint density at radius 3 is 1.88 bits per heavy atom. The third kappa shape index (κ3) is 8.64. The van der Waals surface area contributed by atoms with Crippen LogP contribution >= 0.6 is 0 Å². The molecule has 328 valence electrons. The van der Waals surface area contributed by atoms with E-state index in [4.69, 9.17) is 9.72 Å². The normalized spacial score (nSPS) is 13.2. The number of fused-ring (bicyclic) bond motifs is 4. The fraction of sp³-hybridized carbons (Fsp3) is 0.259. The Balaban J connectivity index is 0.00000306. The van der Waals surface area contributed by atoms with E-state index in [1.807, 2.05) is 24.4 Å². The third-order valence-electron chi connectivity index (χ3n) is 12.5. The molecule has 0 atom stereocenters. The van der Waals surface area contributed by atoms with E-state index < -0.39 is 0 Å². The van der Waals surface area contributed by atoms with Gasteiger partial charge < -0.3 is 26.5 Å². The van der Waals surface area contributed by atoms with Crippen LogP contribution in [0.3, 0.4) is 0 Å². The van der Waals surface area contributed by atoms with Crippen molar-refractivity contribution in [3.63, 3.8) is 0 Å². The summed E-state index contributed by atoms with van der Waals surface area (Å²) in [6.07, 6.45) is 1.92. The molecule has 0 bridgehead atoms. The Hall–Kier alpha value is -5.64. The first-order valence-corrected chi connectivity index (χ1v) is 21.8. The van der Waals surface area contributed by atoms with Gasteiger partial charge in [0.25, 0.3) is 0 Å². The Morgan fingerprint density at radius 2 is 1.16 bits per heavy atom. The minimum atomic E-state index is -0.175. The van der Waals surface area contributed by atoms with Crippen LogP contribution in [-0.2, 0) is 42.7 Å². The van der Waals surface area contributed by atoms with E-state index in [1.165, 1.54) is 33.2 Å². The maximum atomic E-state index is 6.70. The summed E-state index contributed by atoms with van der Waals surface area (Å²) < 4.78 is 8.93. The maximum absolute atomic E-state index is 6.70. The molecule has 8 aromatic rings. The molecule has 0 saturated carbocycles. The quantitative estimate of drug-likeness (QED) is 0.149. The van der Waals surface area contributed by atoms with Crippen molar-refractivity contribution in [1.29, 1.82) is 0 Å². The van der Waals surface area contributed by atoms with E-state index in [0.717, 1.165) is 45.0 Å². The minimum absolute atomic E-state index is 0. The van der Waals surface area contributed by atoms with Crippen LogP contribution in [0.1, 0.15) is 104 Å². The van der Waals surface area contributed by atoms with Crippen molar-refractivity contribution < 1.29 is 25.8 Å². The van der Waals surface area contributed by atoms with Gasteiger partial charge in [0.1, 0.15) is 5.82 Å². The van der Waals surface area contributed by atoms with Gasteiger partial charge in [0, 0.05) is 45.7 Å². The molecule has 0 spiro atoms. The van der Waals surface area contributed by atoms with E-state index in [-0.39, 0.29) is 50.2 Å². The average molecular weight is 1020 g/mol. The van der Waals surface area contributed by atoms with Gasteiger partial charge in [0.2, 0.25) is 0 Å². The van der Waals surface area contributed by atoms with Crippen LogP contribution in [0, 0.1) is 26.2 Å². The van der Waals surface area contributed by atoms with E-state index in [9.17, 15) is 0 Å². The number of pyridine rings is 1. The van der Waals surface area contributed by atoms with E-state index >= 15 is 0 Å². The van der Waals surface area contributed by atoms with Crippen LogP contribution < -0.4 is 14.5 Å². The molecular weight excluding hydrogens is 964 g/mol. The number of hydrogen-bond donors (Lipinski definition) is 0. The molecule has 9 rings (SSSR count). The number of nitrogens with zero attached hydrogens (tertiary/aromatic N) is 4. The molecule has 64 heavy (non-hydrogen) atoms. The second-order valence-electron chi connectivity index (χ2n) is 20.4. The summed E-state index contributed by atoms with van der Waals surface area (Å²) in [6, 6.07) is 55.2. The molecule has 6 heteroatoms. The van der Waals surface area contributed by atoms with Crippen molar-refractivity contribution in [1.82, 2.24) is 9.55 Å². The summed E-state index contributed by atoms with van der Waals surface area (Å²) in [5, 5.41) is 2.27. The minimum Gasteiger partial charge on any atom is -0.509 e. The second-order valence-corrected chi connectivity index (χ2v) is 20.4. The summed E-state index contributed by atoms with van der Waals surface area (Å²) in [5.74, 6) is 2.08. The number of rotatable bonds is 7. The van der Waals surface area contributed by atoms with Gasteiger partial charge in [-0.3, -0.25) is 0 Å². The van der Waals surface area contributed by atoms with Crippen LogP contribution in [0.25, 0.3) is 27.6 Å². The van der Waals surface area contributed by atoms with Crippen molar-refractivity contribution in [2.75, 3.05) is 9.80 Å². The zero-order valence-corrected chi connectivity index (χ0v) is 41.6. The Morgan fingerprint density at radius 1 is 0.516 bits per heavy atom. The first-order chi connectivity index (χ1) is 29.4. The van der Waals surface area contributed by atoms with Gasteiger partial charge in [0.05, 0.1) is 0 Å². The Bertz CT molecular complexity index is 2960. The molecule has 5 nitrogen and oxygen atoms in total. The Labute approximate surface area is 396 Å². The predicted octanol–water partition coefficient (Wildman–Crippen LogP) is 15.6. The molecule has 1 aliphatic rings. The van der Waals surface area contributed by atoms with Gasteiger partial charge in [-0.25, -0.2) is 4.98 Å². The summed E-state index contributed by atoms with van der Waals surface area (Å²) in [5.41, 5.74) is 12.3.